The van der Waals surface area contributed by atoms with E-state index in [9.17, 15) is 13.6 Å². The minimum atomic E-state index is -0.294. The Hall–Kier alpha value is -2.27. The minimum Gasteiger partial charge on any atom is -0.337 e. The van der Waals surface area contributed by atoms with Crippen LogP contribution in [0.4, 0.5) is 8.78 Å². The second-order valence-electron chi connectivity index (χ2n) is 7.69. The fraction of sp³-hybridized carbons (Fsp3) is 0.409. The number of piperidine rings is 1. The van der Waals surface area contributed by atoms with Gasteiger partial charge in [0, 0.05) is 24.5 Å². The number of rotatable bonds is 3. The van der Waals surface area contributed by atoms with Gasteiger partial charge in [0.05, 0.1) is 6.42 Å². The van der Waals surface area contributed by atoms with Crippen molar-refractivity contribution in [1.82, 2.24) is 9.80 Å². The summed E-state index contributed by atoms with van der Waals surface area (Å²) in [6, 6.07) is 13.2. The van der Waals surface area contributed by atoms with E-state index in [1.54, 1.807) is 12.1 Å². The topological polar surface area (TPSA) is 23.6 Å². The number of likely N-dealkylation sites (N-methyl/N-ethyl adjacent to an activating group) is 1. The van der Waals surface area contributed by atoms with Crippen LogP contribution in [0, 0.1) is 11.6 Å². The van der Waals surface area contributed by atoms with E-state index in [0.717, 1.165) is 30.5 Å². The minimum absolute atomic E-state index is 0.0801. The highest BCUT2D eigenvalue weighted by Crippen LogP contribution is 2.39. The van der Waals surface area contributed by atoms with E-state index >= 15 is 0 Å². The normalized spacial score (nSPS) is 25.4. The van der Waals surface area contributed by atoms with Gasteiger partial charge in [0.15, 0.2) is 0 Å². The van der Waals surface area contributed by atoms with Crippen molar-refractivity contribution in [3.05, 3.63) is 71.3 Å². The fourth-order valence-corrected chi connectivity index (χ4v) is 4.71. The van der Waals surface area contributed by atoms with E-state index in [4.69, 9.17) is 0 Å². The van der Waals surface area contributed by atoms with Crippen LogP contribution in [0.5, 0.6) is 0 Å². The van der Waals surface area contributed by atoms with Gasteiger partial charge < -0.3 is 9.80 Å². The van der Waals surface area contributed by atoms with E-state index < -0.39 is 0 Å². The molecule has 2 aliphatic heterocycles. The number of carbonyl (C=O) groups excluding carboxylic acids is 1. The van der Waals surface area contributed by atoms with Crippen molar-refractivity contribution in [2.24, 2.45) is 0 Å². The maximum atomic E-state index is 13.4. The molecule has 0 aromatic heterocycles. The Balaban J connectivity index is 1.58. The third-order valence-corrected chi connectivity index (χ3v) is 6.01. The first-order chi connectivity index (χ1) is 13.0. The zero-order valence-electron chi connectivity index (χ0n) is 15.4. The van der Waals surface area contributed by atoms with E-state index in [0.29, 0.717) is 6.54 Å². The summed E-state index contributed by atoms with van der Waals surface area (Å²) < 4.78 is 26.5. The first-order valence-corrected chi connectivity index (χ1v) is 9.52. The van der Waals surface area contributed by atoms with Gasteiger partial charge in [0.1, 0.15) is 11.6 Å². The summed E-state index contributed by atoms with van der Waals surface area (Å²) in [5.74, 6) is -0.276. The third kappa shape index (κ3) is 3.61. The molecular weight excluding hydrogens is 346 g/mol. The SMILES string of the molecule is CN1CCC[C@@H]2[C@H]1[C@@H](c1ccc(F)cc1)CN2C(=O)Cc1ccc(F)cc1. The number of benzene rings is 2. The highest BCUT2D eigenvalue weighted by Gasteiger charge is 2.47. The standard InChI is InChI=1S/C22H24F2N2O/c1-25-12-2-3-20-22(25)19(16-6-10-18(24)11-7-16)14-26(20)21(27)13-15-4-8-17(23)9-5-15/h4-11,19-20,22H,2-3,12-14H2,1H3/t19-,20-,22-/m1/s1. The van der Waals surface area contributed by atoms with Crippen LogP contribution in [-0.4, -0.2) is 47.9 Å². The quantitative estimate of drug-likeness (QED) is 0.824. The Kier molecular flexibility index (Phi) is 4.96. The van der Waals surface area contributed by atoms with Crippen LogP contribution in [0.3, 0.4) is 0 Å². The molecule has 0 bridgehead atoms. The van der Waals surface area contributed by atoms with Gasteiger partial charge in [-0.15, -0.1) is 0 Å². The number of hydrogen-bond donors (Lipinski definition) is 0. The summed E-state index contributed by atoms with van der Waals surface area (Å²) in [4.78, 5) is 17.4. The van der Waals surface area contributed by atoms with Crippen molar-refractivity contribution in [2.75, 3.05) is 20.1 Å². The summed E-state index contributed by atoms with van der Waals surface area (Å²) in [6.45, 7) is 1.66. The molecule has 1 amide bonds. The number of fused-ring (bicyclic) bond motifs is 1. The first-order valence-electron chi connectivity index (χ1n) is 9.52. The smallest absolute Gasteiger partial charge is 0.227 e. The van der Waals surface area contributed by atoms with Crippen molar-refractivity contribution in [3.8, 4) is 0 Å². The zero-order valence-corrected chi connectivity index (χ0v) is 15.4. The molecule has 2 fully saturated rings. The molecule has 4 rings (SSSR count). The second-order valence-corrected chi connectivity index (χ2v) is 7.69. The molecule has 2 aliphatic rings. The van der Waals surface area contributed by atoms with Crippen LogP contribution >= 0.6 is 0 Å². The third-order valence-electron chi connectivity index (χ3n) is 6.01. The molecule has 0 radical (unpaired) electrons. The highest BCUT2D eigenvalue weighted by molar-refractivity contribution is 5.79. The van der Waals surface area contributed by atoms with Crippen LogP contribution in [-0.2, 0) is 11.2 Å². The van der Waals surface area contributed by atoms with Gasteiger partial charge in [-0.1, -0.05) is 24.3 Å². The summed E-state index contributed by atoms with van der Waals surface area (Å²) in [5, 5.41) is 0. The lowest BCUT2D eigenvalue weighted by Gasteiger charge is -2.39. The van der Waals surface area contributed by atoms with Gasteiger partial charge in [-0.3, -0.25) is 4.79 Å². The molecule has 2 saturated heterocycles. The number of likely N-dealkylation sites (tertiary alicyclic amines) is 2. The van der Waals surface area contributed by atoms with Crippen LogP contribution in [0.15, 0.2) is 48.5 Å². The Labute approximate surface area is 158 Å². The van der Waals surface area contributed by atoms with Crippen molar-refractivity contribution >= 4 is 5.91 Å². The van der Waals surface area contributed by atoms with Crippen LogP contribution < -0.4 is 0 Å². The fourth-order valence-electron chi connectivity index (χ4n) is 4.71. The lowest BCUT2D eigenvalue weighted by molar-refractivity contribution is -0.132. The number of amides is 1. The predicted octanol–water partition coefficient (Wildman–Crippen LogP) is 3.60. The molecule has 0 spiro atoms. The van der Waals surface area contributed by atoms with E-state index in [2.05, 4.69) is 11.9 Å². The molecule has 0 unspecified atom stereocenters. The lowest BCUT2D eigenvalue weighted by atomic mass is 9.86. The molecule has 2 aromatic carbocycles. The molecule has 2 heterocycles. The van der Waals surface area contributed by atoms with Gasteiger partial charge in [0.25, 0.3) is 0 Å². The van der Waals surface area contributed by atoms with Crippen LogP contribution in [0.2, 0.25) is 0 Å². The predicted molar refractivity (Wildman–Crippen MR) is 100 cm³/mol. The van der Waals surface area contributed by atoms with Gasteiger partial charge >= 0.3 is 0 Å². The summed E-state index contributed by atoms with van der Waals surface area (Å²) >= 11 is 0. The summed E-state index contributed by atoms with van der Waals surface area (Å²) in [5.41, 5.74) is 1.91. The van der Waals surface area contributed by atoms with Crippen molar-refractivity contribution in [1.29, 1.82) is 0 Å². The summed E-state index contributed by atoms with van der Waals surface area (Å²) in [7, 11) is 2.11. The van der Waals surface area contributed by atoms with E-state index in [1.165, 1.54) is 24.3 Å². The van der Waals surface area contributed by atoms with E-state index in [1.807, 2.05) is 17.0 Å². The van der Waals surface area contributed by atoms with Gasteiger partial charge in [-0.2, -0.15) is 0 Å². The average molecular weight is 370 g/mol. The molecule has 2 aromatic rings. The molecular formula is C22H24F2N2O. The molecule has 0 N–H and O–H groups in total. The molecule has 5 heteroatoms. The summed E-state index contributed by atoms with van der Waals surface area (Å²) in [6.07, 6.45) is 2.33. The number of nitrogens with zero attached hydrogens (tertiary/aromatic N) is 2. The molecule has 27 heavy (non-hydrogen) atoms. The zero-order chi connectivity index (χ0) is 19.0. The van der Waals surface area contributed by atoms with Crippen molar-refractivity contribution < 1.29 is 13.6 Å². The van der Waals surface area contributed by atoms with Gasteiger partial charge in [-0.25, -0.2) is 8.78 Å². The molecule has 0 saturated carbocycles. The highest BCUT2D eigenvalue weighted by atomic mass is 19.1. The Bertz CT molecular complexity index is 806. The first kappa shape index (κ1) is 18.1. The van der Waals surface area contributed by atoms with Crippen LogP contribution in [0.1, 0.15) is 29.9 Å². The average Bonchev–Trinajstić information content (AvgIpc) is 3.05. The number of halogens is 2. The molecule has 3 nitrogen and oxygen atoms in total. The number of carbonyl (C=O) groups is 1. The molecule has 3 atom stereocenters. The number of hydrogen-bond acceptors (Lipinski definition) is 2. The molecule has 142 valence electrons. The van der Waals surface area contributed by atoms with Crippen molar-refractivity contribution in [3.63, 3.8) is 0 Å². The van der Waals surface area contributed by atoms with Gasteiger partial charge in [-0.05, 0) is 61.8 Å². The maximum Gasteiger partial charge on any atom is 0.227 e. The lowest BCUT2D eigenvalue weighted by Crippen LogP contribution is -2.50. The maximum absolute atomic E-state index is 13.4. The Morgan fingerprint density at radius 1 is 1.04 bits per heavy atom. The largest absolute Gasteiger partial charge is 0.337 e. The van der Waals surface area contributed by atoms with Crippen LogP contribution in [0.25, 0.3) is 0 Å². The second kappa shape index (κ2) is 7.39. The monoisotopic (exact) mass is 370 g/mol. The Morgan fingerprint density at radius 3 is 2.33 bits per heavy atom. The van der Waals surface area contributed by atoms with Crippen molar-refractivity contribution in [2.45, 2.75) is 37.3 Å². The Morgan fingerprint density at radius 2 is 1.67 bits per heavy atom. The van der Waals surface area contributed by atoms with Gasteiger partial charge in [0.2, 0.25) is 5.91 Å². The molecule has 0 aliphatic carbocycles. The van der Waals surface area contributed by atoms with E-state index in [-0.39, 0.29) is 42.0 Å².